The van der Waals surface area contributed by atoms with Crippen molar-refractivity contribution < 1.29 is 14.3 Å². The van der Waals surface area contributed by atoms with Crippen molar-refractivity contribution in [1.82, 2.24) is 14.8 Å². The minimum atomic E-state index is -0.512. The molecule has 0 radical (unpaired) electrons. The van der Waals surface area contributed by atoms with Gasteiger partial charge in [0.05, 0.1) is 6.54 Å². The van der Waals surface area contributed by atoms with Gasteiger partial charge >= 0.3 is 0 Å². The number of ether oxygens (including phenoxy) is 1. The number of hydrogen-bond acceptors (Lipinski definition) is 4. The molecule has 1 aromatic carbocycles. The average Bonchev–Trinajstić information content (AvgIpc) is 3.65. The van der Waals surface area contributed by atoms with Crippen molar-refractivity contribution in [2.75, 3.05) is 13.2 Å². The summed E-state index contributed by atoms with van der Waals surface area (Å²) in [5.74, 6) is -0.0908. The molecule has 3 aliphatic rings. The van der Waals surface area contributed by atoms with Crippen molar-refractivity contribution >= 4 is 23.4 Å². The summed E-state index contributed by atoms with van der Waals surface area (Å²) in [6, 6.07) is 5.64. The van der Waals surface area contributed by atoms with E-state index in [-0.39, 0.29) is 35.7 Å². The Kier molecular flexibility index (Phi) is 6.15. The fraction of sp³-hybridized carbons (Fsp3) is 0.480. The van der Waals surface area contributed by atoms with E-state index in [2.05, 4.69) is 5.32 Å². The molecule has 1 aliphatic heterocycles. The predicted octanol–water partition coefficient (Wildman–Crippen LogP) is 3.93. The van der Waals surface area contributed by atoms with Gasteiger partial charge < -0.3 is 19.5 Å². The monoisotopic (exact) mass is 469 g/mol. The molecular formula is C25H28ClN3O4. The molecular weight excluding hydrogens is 442 g/mol. The third-order valence-electron chi connectivity index (χ3n) is 6.72. The Hall–Kier alpha value is -2.80. The van der Waals surface area contributed by atoms with E-state index in [4.69, 9.17) is 16.3 Å². The van der Waals surface area contributed by atoms with Gasteiger partial charge in [-0.15, -0.1) is 0 Å². The number of pyridine rings is 1. The van der Waals surface area contributed by atoms with Crippen LogP contribution in [0.25, 0.3) is 0 Å². The molecule has 8 heteroatoms. The van der Waals surface area contributed by atoms with Crippen LogP contribution in [-0.4, -0.2) is 40.5 Å². The Morgan fingerprint density at radius 3 is 2.55 bits per heavy atom. The van der Waals surface area contributed by atoms with Crippen LogP contribution < -0.4 is 15.5 Å². The Morgan fingerprint density at radius 2 is 1.79 bits per heavy atom. The van der Waals surface area contributed by atoms with E-state index in [1.807, 2.05) is 4.57 Å². The van der Waals surface area contributed by atoms with Gasteiger partial charge in [-0.2, -0.15) is 0 Å². The Labute approximate surface area is 197 Å². The minimum Gasteiger partial charge on any atom is -0.491 e. The van der Waals surface area contributed by atoms with Crippen LogP contribution in [0.5, 0.6) is 5.75 Å². The molecule has 2 aromatic rings. The molecule has 7 nitrogen and oxygen atoms in total. The van der Waals surface area contributed by atoms with E-state index in [9.17, 15) is 14.4 Å². The maximum absolute atomic E-state index is 13.6. The number of aromatic nitrogens is 1. The number of rotatable bonds is 4. The molecule has 2 heterocycles. The number of carbonyl (C=O) groups excluding carboxylic acids is 2. The van der Waals surface area contributed by atoms with Gasteiger partial charge in [-0.05, 0) is 43.9 Å². The summed E-state index contributed by atoms with van der Waals surface area (Å²) in [6.45, 7) is 0.946. The molecule has 0 spiro atoms. The Bertz CT molecular complexity index is 1130. The van der Waals surface area contributed by atoms with Gasteiger partial charge in [0, 0.05) is 41.6 Å². The van der Waals surface area contributed by atoms with Crippen LogP contribution in [0.15, 0.2) is 35.4 Å². The van der Waals surface area contributed by atoms with Crippen LogP contribution in [0.3, 0.4) is 0 Å². The lowest BCUT2D eigenvalue weighted by molar-refractivity contribution is 0.0730. The zero-order chi connectivity index (χ0) is 22.9. The van der Waals surface area contributed by atoms with Crippen molar-refractivity contribution in [1.29, 1.82) is 0 Å². The number of nitrogens with zero attached hydrogens (tertiary/aromatic N) is 2. The van der Waals surface area contributed by atoms with E-state index in [0.29, 0.717) is 23.9 Å². The highest BCUT2D eigenvalue weighted by Gasteiger charge is 2.30. The third-order valence-corrected chi connectivity index (χ3v) is 6.95. The van der Waals surface area contributed by atoms with Crippen molar-refractivity contribution in [3.05, 3.63) is 62.5 Å². The van der Waals surface area contributed by atoms with Crippen LogP contribution in [0.1, 0.15) is 77.3 Å². The fourth-order valence-corrected chi connectivity index (χ4v) is 4.89. The fourth-order valence-electron chi connectivity index (χ4n) is 4.70. The van der Waals surface area contributed by atoms with E-state index in [1.54, 1.807) is 35.5 Å². The summed E-state index contributed by atoms with van der Waals surface area (Å²) in [5, 5.41) is 3.46. The SMILES string of the molecule is O=C(NC1CC1)c1cn(C2CCCCC2)cc(C(=O)N2CCOc3ccc(Cl)cc3C2)c1=O. The molecule has 0 atom stereocenters. The molecule has 2 amide bonds. The molecule has 174 valence electrons. The Balaban J connectivity index is 1.50. The maximum atomic E-state index is 13.6. The van der Waals surface area contributed by atoms with Crippen LogP contribution in [0, 0.1) is 0 Å². The second-order valence-corrected chi connectivity index (χ2v) is 9.67. The van der Waals surface area contributed by atoms with Crippen molar-refractivity contribution in [2.45, 2.75) is 63.6 Å². The number of benzene rings is 1. The van der Waals surface area contributed by atoms with Crippen LogP contribution in [-0.2, 0) is 6.54 Å². The molecule has 1 N–H and O–H groups in total. The van der Waals surface area contributed by atoms with Crippen molar-refractivity contribution in [3.8, 4) is 5.75 Å². The van der Waals surface area contributed by atoms with E-state index in [1.165, 1.54) is 6.42 Å². The molecule has 0 unspecified atom stereocenters. The predicted molar refractivity (Wildman–Crippen MR) is 125 cm³/mol. The highest BCUT2D eigenvalue weighted by molar-refractivity contribution is 6.30. The summed E-state index contributed by atoms with van der Waals surface area (Å²) < 4.78 is 7.71. The first kappa shape index (κ1) is 22.0. The molecule has 2 fully saturated rings. The summed E-state index contributed by atoms with van der Waals surface area (Å²) in [6.07, 6.45) is 10.5. The van der Waals surface area contributed by atoms with Crippen molar-refractivity contribution in [2.24, 2.45) is 0 Å². The van der Waals surface area contributed by atoms with Gasteiger partial charge in [0.15, 0.2) is 0 Å². The first-order chi connectivity index (χ1) is 16.0. The molecule has 2 saturated carbocycles. The first-order valence-corrected chi connectivity index (χ1v) is 12.1. The van der Waals surface area contributed by atoms with E-state index >= 15 is 0 Å². The van der Waals surface area contributed by atoms with E-state index in [0.717, 1.165) is 44.1 Å². The summed E-state index contributed by atoms with van der Waals surface area (Å²) >= 11 is 6.15. The van der Waals surface area contributed by atoms with Gasteiger partial charge in [-0.1, -0.05) is 30.9 Å². The van der Waals surface area contributed by atoms with Crippen LogP contribution >= 0.6 is 11.6 Å². The minimum absolute atomic E-state index is 0.0366. The topological polar surface area (TPSA) is 80.6 Å². The van der Waals surface area contributed by atoms with Gasteiger partial charge in [0.2, 0.25) is 5.43 Å². The smallest absolute Gasteiger partial charge is 0.259 e. The lowest BCUT2D eigenvalue weighted by Crippen LogP contribution is -2.39. The maximum Gasteiger partial charge on any atom is 0.259 e. The van der Waals surface area contributed by atoms with Gasteiger partial charge in [0.25, 0.3) is 11.8 Å². The molecule has 2 aliphatic carbocycles. The number of nitrogens with one attached hydrogen (secondary N) is 1. The van der Waals surface area contributed by atoms with Gasteiger partial charge in [-0.3, -0.25) is 14.4 Å². The van der Waals surface area contributed by atoms with Crippen molar-refractivity contribution in [3.63, 3.8) is 0 Å². The summed E-state index contributed by atoms with van der Waals surface area (Å²) in [5.41, 5.74) is 0.368. The molecule has 5 rings (SSSR count). The lowest BCUT2D eigenvalue weighted by Gasteiger charge is -2.26. The second-order valence-electron chi connectivity index (χ2n) is 9.23. The van der Waals surface area contributed by atoms with Gasteiger partial charge in [0.1, 0.15) is 23.5 Å². The molecule has 33 heavy (non-hydrogen) atoms. The molecule has 1 aromatic heterocycles. The number of hydrogen-bond donors (Lipinski definition) is 1. The second kappa shape index (κ2) is 9.21. The molecule has 0 bridgehead atoms. The number of halogens is 1. The summed E-state index contributed by atoms with van der Waals surface area (Å²) in [4.78, 5) is 41.4. The number of fused-ring (bicyclic) bond motifs is 1. The number of amides is 2. The molecule has 0 saturated heterocycles. The van der Waals surface area contributed by atoms with Crippen LogP contribution in [0.4, 0.5) is 0 Å². The number of carbonyl (C=O) groups is 2. The van der Waals surface area contributed by atoms with Crippen LogP contribution in [0.2, 0.25) is 5.02 Å². The quantitative estimate of drug-likeness (QED) is 0.735. The summed E-state index contributed by atoms with van der Waals surface area (Å²) in [7, 11) is 0. The largest absolute Gasteiger partial charge is 0.491 e. The average molecular weight is 470 g/mol. The normalized spacial score (nSPS) is 18.8. The Morgan fingerprint density at radius 1 is 1.03 bits per heavy atom. The van der Waals surface area contributed by atoms with Gasteiger partial charge in [-0.25, -0.2) is 0 Å². The lowest BCUT2D eigenvalue weighted by atomic mass is 9.95. The zero-order valence-electron chi connectivity index (χ0n) is 18.5. The highest BCUT2D eigenvalue weighted by atomic mass is 35.5. The first-order valence-electron chi connectivity index (χ1n) is 11.8. The highest BCUT2D eigenvalue weighted by Crippen LogP contribution is 2.29. The standard InChI is InChI=1S/C25H28ClN3O4/c26-17-6-9-22-16(12-17)13-28(10-11-33-22)25(32)21-15-29(19-4-2-1-3-5-19)14-20(23(21)30)24(31)27-18-7-8-18/h6,9,12,14-15,18-19H,1-5,7-8,10-11,13H2,(H,27,31). The zero-order valence-corrected chi connectivity index (χ0v) is 19.3. The third kappa shape index (κ3) is 4.78. The van der Waals surface area contributed by atoms with E-state index < -0.39 is 11.3 Å².